The van der Waals surface area contributed by atoms with Crippen LogP contribution in [-0.2, 0) is 25.6 Å². The topological polar surface area (TPSA) is 90.9 Å². The number of thioether (sulfide) groups is 2. The van der Waals surface area contributed by atoms with Gasteiger partial charge in [0.2, 0.25) is 0 Å². The van der Waals surface area contributed by atoms with Crippen molar-refractivity contribution in [2.45, 2.75) is 17.5 Å². The summed E-state index contributed by atoms with van der Waals surface area (Å²) < 4.78 is 15.5. The maximum absolute atomic E-state index is 11.9. The van der Waals surface area contributed by atoms with Crippen LogP contribution in [0.5, 0.6) is 5.75 Å². The zero-order chi connectivity index (χ0) is 22.8. The minimum absolute atomic E-state index is 0.248. The number of carbonyl (C=O) groups is 3. The Morgan fingerprint density at radius 3 is 2.31 bits per heavy atom. The summed E-state index contributed by atoms with van der Waals surface area (Å²) >= 11 is 3.89. The molecule has 7 nitrogen and oxygen atoms in total. The molecule has 1 aliphatic rings. The third-order valence-electron chi connectivity index (χ3n) is 4.57. The average molecular weight is 476 g/mol. The second-order valence-corrected chi connectivity index (χ2v) is 9.64. The lowest BCUT2D eigenvalue weighted by molar-refractivity contribution is -0.150. The van der Waals surface area contributed by atoms with E-state index in [0.29, 0.717) is 15.9 Å². The molecule has 1 fully saturated rings. The first kappa shape index (κ1) is 24.0. The molecule has 1 heterocycles. The average Bonchev–Trinajstić information content (AvgIpc) is 2.85. The predicted molar refractivity (Wildman–Crippen MR) is 125 cm³/mol. The van der Waals surface area contributed by atoms with Gasteiger partial charge in [-0.25, -0.2) is 9.59 Å². The van der Waals surface area contributed by atoms with Crippen molar-refractivity contribution >= 4 is 41.4 Å². The van der Waals surface area contributed by atoms with Gasteiger partial charge in [0.15, 0.2) is 13.2 Å². The Morgan fingerprint density at radius 2 is 1.66 bits per heavy atom. The number of carbonyl (C=O) groups excluding carboxylic acids is 3. The van der Waals surface area contributed by atoms with E-state index in [4.69, 9.17) is 9.47 Å². The van der Waals surface area contributed by atoms with Crippen LogP contribution in [0.4, 0.5) is 0 Å². The van der Waals surface area contributed by atoms with Crippen LogP contribution in [0.3, 0.4) is 0 Å². The molecule has 0 saturated carbocycles. The molecule has 3 rings (SSSR count). The summed E-state index contributed by atoms with van der Waals surface area (Å²) in [5, 5.41) is 2.65. The molecule has 1 amide bonds. The van der Waals surface area contributed by atoms with Gasteiger partial charge in [-0.2, -0.15) is 0 Å². The first-order chi connectivity index (χ1) is 15.5. The number of nitrogens with one attached hydrogen (secondary N) is 1. The standard InChI is InChI=1S/C23H25NO6S2/c1-28-22(27)17-5-3-16(4-6-17)13-24-20(25)14-30-21(26)15-29-19-9-7-18(8-10-19)23-31-11-2-12-32-23/h3-10,23H,2,11-15H2,1H3,(H,24,25). The van der Waals surface area contributed by atoms with Crippen LogP contribution < -0.4 is 10.1 Å². The van der Waals surface area contributed by atoms with Gasteiger partial charge in [-0.1, -0.05) is 24.3 Å². The molecular formula is C23H25NO6S2. The van der Waals surface area contributed by atoms with Crippen LogP contribution in [0.15, 0.2) is 48.5 Å². The lowest BCUT2D eigenvalue weighted by Gasteiger charge is -2.21. The molecule has 1 N–H and O–H groups in total. The largest absolute Gasteiger partial charge is 0.482 e. The number of hydrogen-bond acceptors (Lipinski definition) is 8. The third-order valence-corrected chi connectivity index (χ3v) is 7.58. The molecule has 1 aliphatic heterocycles. The number of hydrogen-bond donors (Lipinski definition) is 1. The zero-order valence-corrected chi connectivity index (χ0v) is 19.3. The van der Waals surface area contributed by atoms with Gasteiger partial charge in [0.05, 0.1) is 17.3 Å². The van der Waals surface area contributed by atoms with E-state index in [0.717, 1.165) is 5.56 Å². The summed E-state index contributed by atoms with van der Waals surface area (Å²) in [7, 11) is 1.31. The molecule has 0 atom stereocenters. The highest BCUT2D eigenvalue weighted by molar-refractivity contribution is 8.16. The molecule has 32 heavy (non-hydrogen) atoms. The van der Waals surface area contributed by atoms with Gasteiger partial charge in [0.25, 0.3) is 5.91 Å². The smallest absolute Gasteiger partial charge is 0.344 e. The summed E-state index contributed by atoms with van der Waals surface area (Å²) in [5.74, 6) is 1.46. The number of methoxy groups -OCH3 is 1. The van der Waals surface area contributed by atoms with Gasteiger partial charge in [-0.15, -0.1) is 23.5 Å². The quantitative estimate of drug-likeness (QED) is 0.551. The summed E-state index contributed by atoms with van der Waals surface area (Å²) in [4.78, 5) is 35.2. The molecule has 0 aliphatic carbocycles. The molecule has 0 radical (unpaired) electrons. The maximum atomic E-state index is 11.9. The number of ether oxygens (including phenoxy) is 3. The first-order valence-corrected chi connectivity index (χ1v) is 12.2. The first-order valence-electron chi connectivity index (χ1n) is 10.1. The van der Waals surface area contributed by atoms with E-state index in [2.05, 4.69) is 10.1 Å². The normalized spacial score (nSPS) is 13.8. The van der Waals surface area contributed by atoms with Crippen molar-refractivity contribution in [3.05, 3.63) is 65.2 Å². The van der Waals surface area contributed by atoms with Crippen LogP contribution in [-0.4, -0.2) is 49.7 Å². The van der Waals surface area contributed by atoms with Gasteiger partial charge in [0, 0.05) is 6.54 Å². The van der Waals surface area contributed by atoms with Gasteiger partial charge in [0.1, 0.15) is 5.75 Å². The van der Waals surface area contributed by atoms with E-state index in [-0.39, 0.29) is 13.2 Å². The Bertz CT molecular complexity index is 911. The predicted octanol–water partition coefficient (Wildman–Crippen LogP) is 3.58. The van der Waals surface area contributed by atoms with Gasteiger partial charge >= 0.3 is 11.9 Å². The Kier molecular flexibility index (Phi) is 9.30. The molecule has 0 aromatic heterocycles. The SMILES string of the molecule is COC(=O)c1ccc(CNC(=O)COC(=O)COc2ccc(C3SCCCS3)cc2)cc1. The van der Waals surface area contributed by atoms with Crippen molar-refractivity contribution in [3.63, 3.8) is 0 Å². The fourth-order valence-electron chi connectivity index (χ4n) is 2.86. The van der Waals surface area contributed by atoms with E-state index in [1.54, 1.807) is 24.3 Å². The summed E-state index contributed by atoms with van der Waals surface area (Å²) in [6.07, 6.45) is 1.25. The van der Waals surface area contributed by atoms with Crippen LogP contribution >= 0.6 is 23.5 Å². The number of benzene rings is 2. The molecule has 0 bridgehead atoms. The molecule has 2 aromatic carbocycles. The minimum atomic E-state index is -0.620. The Balaban J connectivity index is 1.33. The highest BCUT2D eigenvalue weighted by Gasteiger charge is 2.16. The van der Waals surface area contributed by atoms with E-state index < -0.39 is 24.5 Å². The van der Waals surface area contributed by atoms with Crippen LogP contribution in [0, 0.1) is 0 Å². The summed E-state index contributed by atoms with van der Waals surface area (Å²) in [6, 6.07) is 14.4. The maximum Gasteiger partial charge on any atom is 0.344 e. The van der Waals surface area contributed by atoms with Crippen LogP contribution in [0.1, 0.15) is 32.5 Å². The highest BCUT2D eigenvalue weighted by Crippen LogP contribution is 2.43. The Hall–Kier alpha value is -2.65. The summed E-state index contributed by atoms with van der Waals surface area (Å²) in [5.41, 5.74) is 2.47. The van der Waals surface area contributed by atoms with Crippen molar-refractivity contribution in [1.82, 2.24) is 5.32 Å². The molecule has 2 aromatic rings. The van der Waals surface area contributed by atoms with E-state index in [9.17, 15) is 14.4 Å². The van der Waals surface area contributed by atoms with E-state index in [1.165, 1.54) is 30.6 Å². The molecular weight excluding hydrogens is 450 g/mol. The lowest BCUT2D eigenvalue weighted by atomic mass is 10.1. The number of rotatable bonds is 9. The van der Waals surface area contributed by atoms with Gasteiger partial charge < -0.3 is 19.5 Å². The second kappa shape index (κ2) is 12.4. The fraction of sp³-hybridized carbons (Fsp3) is 0.348. The molecule has 0 spiro atoms. The Morgan fingerprint density at radius 1 is 0.969 bits per heavy atom. The molecule has 170 valence electrons. The lowest BCUT2D eigenvalue weighted by Crippen LogP contribution is -2.29. The summed E-state index contributed by atoms with van der Waals surface area (Å²) in [6.45, 7) is -0.412. The van der Waals surface area contributed by atoms with Crippen molar-refractivity contribution < 1.29 is 28.6 Å². The van der Waals surface area contributed by atoms with Crippen molar-refractivity contribution in [2.75, 3.05) is 31.8 Å². The fourth-order valence-corrected chi connectivity index (χ4v) is 5.75. The molecule has 0 unspecified atom stereocenters. The zero-order valence-electron chi connectivity index (χ0n) is 17.7. The van der Waals surface area contributed by atoms with Crippen molar-refractivity contribution in [3.8, 4) is 5.75 Å². The van der Waals surface area contributed by atoms with Crippen molar-refractivity contribution in [1.29, 1.82) is 0 Å². The van der Waals surface area contributed by atoms with Crippen LogP contribution in [0.2, 0.25) is 0 Å². The Labute approximate surface area is 195 Å². The minimum Gasteiger partial charge on any atom is -0.482 e. The molecule has 9 heteroatoms. The second-order valence-electron chi connectivity index (χ2n) is 6.91. The van der Waals surface area contributed by atoms with Gasteiger partial charge in [-0.05, 0) is 53.3 Å². The number of amides is 1. The van der Waals surface area contributed by atoms with Crippen molar-refractivity contribution in [2.24, 2.45) is 0 Å². The highest BCUT2D eigenvalue weighted by atomic mass is 32.2. The van der Waals surface area contributed by atoms with Crippen LogP contribution in [0.25, 0.3) is 0 Å². The van der Waals surface area contributed by atoms with Gasteiger partial charge in [-0.3, -0.25) is 4.79 Å². The molecule has 1 saturated heterocycles. The third kappa shape index (κ3) is 7.49. The monoisotopic (exact) mass is 475 g/mol. The number of esters is 2. The van der Waals surface area contributed by atoms with E-state index in [1.807, 2.05) is 47.8 Å². The van der Waals surface area contributed by atoms with E-state index >= 15 is 0 Å².